The highest BCUT2D eigenvalue weighted by atomic mass is 16.6. The van der Waals surface area contributed by atoms with Gasteiger partial charge < -0.3 is 14.8 Å². The lowest BCUT2D eigenvalue weighted by Gasteiger charge is -2.56. The van der Waals surface area contributed by atoms with E-state index in [1.165, 1.54) is 18.1 Å². The van der Waals surface area contributed by atoms with Gasteiger partial charge in [-0.2, -0.15) is 0 Å². The Hall–Kier alpha value is -1.52. The molecule has 26 heavy (non-hydrogen) atoms. The van der Waals surface area contributed by atoms with Gasteiger partial charge in [-0.25, -0.2) is 4.79 Å². The fraction of sp³-hybridized carbons (Fsp3) is 0.810. The third-order valence-electron chi connectivity index (χ3n) is 5.69. The van der Waals surface area contributed by atoms with Crippen molar-refractivity contribution < 1.29 is 19.1 Å². The number of ether oxygens (including phenoxy) is 2. The van der Waals surface area contributed by atoms with E-state index in [1.807, 2.05) is 34.6 Å². The normalized spacial score (nSPS) is 28.3. The van der Waals surface area contributed by atoms with Crippen LogP contribution < -0.4 is 5.32 Å². The Morgan fingerprint density at radius 2 is 1.77 bits per heavy atom. The first-order chi connectivity index (χ1) is 11.7. The van der Waals surface area contributed by atoms with E-state index in [2.05, 4.69) is 19.2 Å². The molecule has 2 aliphatic rings. The lowest BCUT2D eigenvalue weighted by molar-refractivity contribution is -0.161. The van der Waals surface area contributed by atoms with Crippen molar-refractivity contribution in [1.29, 1.82) is 0 Å². The summed E-state index contributed by atoms with van der Waals surface area (Å²) in [4.78, 5) is 23.7. The molecule has 148 valence electrons. The fourth-order valence-electron chi connectivity index (χ4n) is 5.19. The molecule has 0 heterocycles. The van der Waals surface area contributed by atoms with Crippen molar-refractivity contribution in [2.45, 2.75) is 85.9 Å². The van der Waals surface area contributed by atoms with Crippen LogP contribution in [0.25, 0.3) is 0 Å². The second-order valence-electron chi connectivity index (χ2n) is 9.86. The minimum absolute atomic E-state index is 0.0949. The Morgan fingerprint density at radius 1 is 1.15 bits per heavy atom. The molecule has 3 atom stereocenters. The van der Waals surface area contributed by atoms with Gasteiger partial charge in [-0.3, -0.25) is 4.79 Å². The van der Waals surface area contributed by atoms with Crippen LogP contribution in [0.15, 0.2) is 11.1 Å². The van der Waals surface area contributed by atoms with Crippen LogP contribution in [0.4, 0.5) is 4.79 Å². The zero-order valence-electron chi connectivity index (χ0n) is 17.6. The van der Waals surface area contributed by atoms with Crippen LogP contribution >= 0.6 is 0 Å². The highest BCUT2D eigenvalue weighted by Gasteiger charge is 2.58. The molecule has 0 aromatic rings. The second-order valence-corrected chi connectivity index (χ2v) is 9.86. The molecule has 2 rings (SSSR count). The molecule has 1 N–H and O–H groups in total. The van der Waals surface area contributed by atoms with Crippen LogP contribution in [-0.4, -0.2) is 29.8 Å². The molecule has 1 fully saturated rings. The monoisotopic (exact) mass is 365 g/mol. The second kappa shape index (κ2) is 6.90. The summed E-state index contributed by atoms with van der Waals surface area (Å²) in [5, 5.41) is 2.98. The molecule has 0 aromatic heterocycles. The van der Waals surface area contributed by atoms with E-state index >= 15 is 0 Å². The number of fused-ring (bicyclic) bond motifs is 1. The van der Waals surface area contributed by atoms with Crippen LogP contribution in [0.1, 0.15) is 74.7 Å². The lowest BCUT2D eigenvalue weighted by atomic mass is 9.50. The molecule has 2 aliphatic carbocycles. The number of esters is 1. The summed E-state index contributed by atoms with van der Waals surface area (Å²) < 4.78 is 11.0. The summed E-state index contributed by atoms with van der Waals surface area (Å²) >= 11 is 0. The van der Waals surface area contributed by atoms with Gasteiger partial charge in [-0.1, -0.05) is 11.1 Å². The number of hydrogen-bond donors (Lipinski definition) is 1. The highest BCUT2D eigenvalue weighted by molar-refractivity contribution is 5.68. The van der Waals surface area contributed by atoms with E-state index in [9.17, 15) is 9.59 Å². The number of alkyl carbamates (subject to hydrolysis) is 1. The molecular formula is C21H35NO4. The number of rotatable bonds is 5. The predicted octanol–water partition coefficient (Wildman–Crippen LogP) is 4.61. The zero-order chi connectivity index (χ0) is 19.9. The molecular weight excluding hydrogens is 330 g/mol. The van der Waals surface area contributed by atoms with Crippen molar-refractivity contribution in [2.24, 2.45) is 17.3 Å². The van der Waals surface area contributed by atoms with Gasteiger partial charge in [0, 0.05) is 13.5 Å². The number of hydrogen-bond acceptors (Lipinski definition) is 4. The summed E-state index contributed by atoms with van der Waals surface area (Å²) in [6.45, 7) is 15.9. The number of nitrogens with one attached hydrogen (secondary N) is 1. The van der Waals surface area contributed by atoms with E-state index in [1.54, 1.807) is 0 Å². The summed E-state index contributed by atoms with van der Waals surface area (Å²) in [5.41, 5.74) is 1.72. The van der Waals surface area contributed by atoms with E-state index in [-0.39, 0.29) is 17.5 Å². The first-order valence-electron chi connectivity index (χ1n) is 9.57. The standard InChI is InChI=1S/C21H35NO4/c1-13-9-16-10-21(17(16)14(13)2,11-20(7,8)25-15(3)23)12-22-18(24)26-19(4,5)6/h16-17H,9-12H2,1-8H3,(H,22,24)/t16-,17-,21-/m1/s1. The van der Waals surface area contributed by atoms with Crippen LogP contribution in [0.3, 0.4) is 0 Å². The third kappa shape index (κ3) is 4.60. The van der Waals surface area contributed by atoms with Crippen LogP contribution in [0.2, 0.25) is 0 Å². The Bertz CT molecular complexity index is 614. The first-order valence-corrected chi connectivity index (χ1v) is 9.57. The van der Waals surface area contributed by atoms with E-state index < -0.39 is 11.2 Å². The van der Waals surface area contributed by atoms with Gasteiger partial charge in [0.2, 0.25) is 0 Å². The summed E-state index contributed by atoms with van der Waals surface area (Å²) in [5.74, 6) is 0.812. The van der Waals surface area contributed by atoms with Gasteiger partial charge in [-0.15, -0.1) is 0 Å². The minimum atomic E-state index is -0.566. The maximum Gasteiger partial charge on any atom is 0.407 e. The Morgan fingerprint density at radius 3 is 2.27 bits per heavy atom. The molecule has 1 saturated carbocycles. The number of allylic oxidation sites excluding steroid dienone is 2. The van der Waals surface area contributed by atoms with Crippen molar-refractivity contribution in [2.75, 3.05) is 6.54 Å². The predicted molar refractivity (Wildman–Crippen MR) is 102 cm³/mol. The average Bonchev–Trinajstić information content (AvgIpc) is 2.62. The van der Waals surface area contributed by atoms with E-state index in [0.29, 0.717) is 18.4 Å². The van der Waals surface area contributed by atoms with Crippen LogP contribution in [0, 0.1) is 17.3 Å². The maximum absolute atomic E-state index is 12.2. The molecule has 0 aliphatic heterocycles. The summed E-state index contributed by atoms with van der Waals surface area (Å²) in [6.07, 6.45) is 2.51. The largest absolute Gasteiger partial charge is 0.460 e. The van der Waals surface area contributed by atoms with Gasteiger partial charge in [-0.05, 0) is 85.0 Å². The van der Waals surface area contributed by atoms with Crippen molar-refractivity contribution in [1.82, 2.24) is 5.32 Å². The van der Waals surface area contributed by atoms with Gasteiger partial charge in [0.15, 0.2) is 0 Å². The van der Waals surface area contributed by atoms with Gasteiger partial charge >= 0.3 is 12.1 Å². The fourth-order valence-corrected chi connectivity index (χ4v) is 5.19. The molecule has 5 nitrogen and oxygen atoms in total. The summed E-state index contributed by atoms with van der Waals surface area (Å²) in [7, 11) is 0. The minimum Gasteiger partial charge on any atom is -0.460 e. The number of carbonyl (C=O) groups is 2. The Kier molecular flexibility index (Phi) is 5.51. The quantitative estimate of drug-likeness (QED) is 0.571. The molecule has 5 heteroatoms. The summed E-state index contributed by atoms with van der Waals surface area (Å²) in [6, 6.07) is 0. The molecule has 1 amide bonds. The van der Waals surface area contributed by atoms with Crippen molar-refractivity contribution in [3.8, 4) is 0 Å². The van der Waals surface area contributed by atoms with Gasteiger partial charge in [0.1, 0.15) is 11.2 Å². The highest BCUT2D eigenvalue weighted by Crippen LogP contribution is 2.63. The topological polar surface area (TPSA) is 64.6 Å². The molecule has 0 aromatic carbocycles. The van der Waals surface area contributed by atoms with Gasteiger partial charge in [0.25, 0.3) is 0 Å². The smallest absolute Gasteiger partial charge is 0.407 e. The van der Waals surface area contributed by atoms with E-state index in [4.69, 9.17) is 9.47 Å². The molecule has 0 saturated heterocycles. The number of amides is 1. The Balaban J connectivity index is 2.16. The Labute approximate surface area is 157 Å². The molecule has 0 radical (unpaired) electrons. The van der Waals surface area contributed by atoms with E-state index in [0.717, 1.165) is 19.3 Å². The molecule has 0 unspecified atom stereocenters. The lowest BCUT2D eigenvalue weighted by Crippen LogP contribution is -2.56. The van der Waals surface area contributed by atoms with Gasteiger partial charge in [0.05, 0.1) is 0 Å². The first kappa shape index (κ1) is 20.8. The zero-order valence-corrected chi connectivity index (χ0v) is 17.6. The SMILES string of the molecule is CC(=O)OC(C)(C)C[C@@]1(CNC(=O)OC(C)(C)C)C[C@H]2CC(C)=C(C)[C@H]21. The third-order valence-corrected chi connectivity index (χ3v) is 5.69. The molecule has 0 bridgehead atoms. The van der Waals surface area contributed by atoms with Crippen LogP contribution in [0.5, 0.6) is 0 Å². The van der Waals surface area contributed by atoms with Crippen molar-refractivity contribution in [3.63, 3.8) is 0 Å². The van der Waals surface area contributed by atoms with Crippen LogP contribution in [-0.2, 0) is 14.3 Å². The average molecular weight is 366 g/mol. The molecule has 0 spiro atoms. The van der Waals surface area contributed by atoms with Crippen molar-refractivity contribution >= 4 is 12.1 Å². The number of carbonyl (C=O) groups excluding carboxylic acids is 2. The maximum atomic E-state index is 12.2. The van der Waals surface area contributed by atoms with Crippen molar-refractivity contribution in [3.05, 3.63) is 11.1 Å².